The normalized spacial score (nSPS) is 26.9. The van der Waals surface area contributed by atoms with Crippen LogP contribution in [-0.4, -0.2) is 121 Å². The van der Waals surface area contributed by atoms with E-state index in [1.807, 2.05) is 31.2 Å². The van der Waals surface area contributed by atoms with Crippen molar-refractivity contribution < 1.29 is 61.8 Å². The SMILES string of the molecule is COC1C(OP(=O)(O)OC[C@H]2O[C@@H](n3cnc4c(=O)[nH]c(N)nc43)C(O)C2O)[C@@H](COP(=O)(O)O)O[C@H]1n1cnc2c(NCc3ccccc3C)ncnc21. The molecule has 6 heterocycles. The highest BCUT2D eigenvalue weighted by Crippen LogP contribution is 2.50. The summed E-state index contributed by atoms with van der Waals surface area (Å²) in [6, 6.07) is 7.77. The molecule has 7 rings (SSSR count). The van der Waals surface area contributed by atoms with Crippen molar-refractivity contribution >= 4 is 49.7 Å². The Labute approximate surface area is 309 Å². The van der Waals surface area contributed by atoms with E-state index in [4.69, 9.17) is 29.0 Å². The summed E-state index contributed by atoms with van der Waals surface area (Å²) in [6.45, 7) is 0.757. The molecule has 2 saturated heterocycles. The molecule has 2 aliphatic heterocycles. The van der Waals surface area contributed by atoms with E-state index in [1.165, 1.54) is 24.3 Å². The monoisotopic (exact) mass is 810 g/mol. The number of nitrogens with two attached hydrogens (primary N) is 1. The number of nitrogens with zero attached hydrogens (tertiary/aromatic N) is 7. The minimum absolute atomic E-state index is 0.0629. The van der Waals surface area contributed by atoms with Crippen LogP contribution in [0.4, 0.5) is 11.8 Å². The number of aromatic nitrogens is 8. The first-order valence-corrected chi connectivity index (χ1v) is 19.4. The summed E-state index contributed by atoms with van der Waals surface area (Å²) in [4.78, 5) is 65.2. The van der Waals surface area contributed by atoms with Crippen molar-refractivity contribution in [2.24, 2.45) is 0 Å². The largest absolute Gasteiger partial charge is 0.472 e. The third-order valence-corrected chi connectivity index (χ3v) is 10.5. The second kappa shape index (κ2) is 15.3. The molecule has 0 amide bonds. The van der Waals surface area contributed by atoms with E-state index in [0.29, 0.717) is 17.9 Å². The van der Waals surface area contributed by atoms with E-state index < -0.39 is 83.5 Å². The summed E-state index contributed by atoms with van der Waals surface area (Å²) in [6.07, 6.45) is -7.82. The van der Waals surface area contributed by atoms with Crippen LogP contribution in [-0.2, 0) is 43.5 Å². The van der Waals surface area contributed by atoms with Crippen molar-refractivity contribution in [3.8, 4) is 0 Å². The number of phosphoric ester groups is 2. The smallest absolute Gasteiger partial charge is 0.387 e. The highest BCUT2D eigenvalue weighted by Gasteiger charge is 2.52. The molecule has 0 saturated carbocycles. The van der Waals surface area contributed by atoms with Crippen molar-refractivity contribution in [1.29, 1.82) is 0 Å². The number of fused-ring (bicyclic) bond motifs is 2. The van der Waals surface area contributed by atoms with E-state index in [-0.39, 0.29) is 22.8 Å². The minimum Gasteiger partial charge on any atom is -0.387 e. The molecule has 2 fully saturated rings. The second-order valence-corrected chi connectivity index (χ2v) is 15.2. The Bertz CT molecular complexity index is 2340. The quantitative estimate of drug-likeness (QED) is 0.0662. The van der Waals surface area contributed by atoms with Gasteiger partial charge in [0.25, 0.3) is 5.56 Å². The molecular formula is C29H36N10O14P2. The molecule has 9 atom stereocenters. The van der Waals surface area contributed by atoms with Crippen molar-refractivity contribution in [3.63, 3.8) is 0 Å². The number of aryl methyl sites for hydroxylation is 1. The highest BCUT2D eigenvalue weighted by molar-refractivity contribution is 7.47. The molecule has 9 N–H and O–H groups in total. The number of aromatic amines is 1. The molecule has 0 spiro atoms. The molecule has 4 aromatic heterocycles. The van der Waals surface area contributed by atoms with Crippen molar-refractivity contribution in [2.75, 3.05) is 31.4 Å². The van der Waals surface area contributed by atoms with Gasteiger partial charge in [0.2, 0.25) is 5.95 Å². The molecule has 0 bridgehead atoms. The number of aliphatic hydroxyl groups is 2. The number of nitrogen functional groups attached to an aromatic ring is 1. The molecule has 1 aromatic carbocycles. The van der Waals surface area contributed by atoms with Crippen LogP contribution in [0.25, 0.3) is 22.3 Å². The summed E-state index contributed by atoms with van der Waals surface area (Å²) in [5, 5.41) is 24.7. The van der Waals surface area contributed by atoms with Gasteiger partial charge in [-0.1, -0.05) is 24.3 Å². The van der Waals surface area contributed by atoms with Gasteiger partial charge in [-0.25, -0.2) is 29.1 Å². The fourth-order valence-electron chi connectivity index (χ4n) is 6.35. The van der Waals surface area contributed by atoms with Crippen LogP contribution in [0, 0.1) is 6.92 Å². The lowest BCUT2D eigenvalue weighted by Gasteiger charge is -2.26. The fraction of sp³-hybridized carbons (Fsp3) is 0.448. The number of anilines is 2. The number of imidazole rings is 2. The van der Waals surface area contributed by atoms with Gasteiger partial charge in [0.05, 0.1) is 25.9 Å². The maximum atomic E-state index is 13.4. The Morgan fingerprint density at radius 2 is 1.60 bits per heavy atom. The molecule has 0 radical (unpaired) electrons. The zero-order chi connectivity index (χ0) is 39.2. The Kier molecular flexibility index (Phi) is 10.9. The fourth-order valence-corrected chi connectivity index (χ4v) is 7.65. The topological polar surface area (TPSA) is 336 Å². The predicted molar refractivity (Wildman–Crippen MR) is 186 cm³/mol. The molecule has 5 aromatic rings. The van der Waals surface area contributed by atoms with Gasteiger partial charge in [0.15, 0.2) is 40.6 Å². The molecule has 0 aliphatic carbocycles. The number of aliphatic hydroxyl groups excluding tert-OH is 2. The van der Waals surface area contributed by atoms with Crippen LogP contribution in [0.15, 0.2) is 48.0 Å². The van der Waals surface area contributed by atoms with Crippen molar-refractivity contribution in [3.05, 3.63) is 64.7 Å². The van der Waals surface area contributed by atoms with Gasteiger partial charge in [0.1, 0.15) is 43.0 Å². The second-order valence-electron chi connectivity index (χ2n) is 12.5. The third kappa shape index (κ3) is 8.04. The van der Waals surface area contributed by atoms with Gasteiger partial charge in [0, 0.05) is 13.7 Å². The van der Waals surface area contributed by atoms with Crippen LogP contribution < -0.4 is 16.6 Å². The number of rotatable bonds is 14. The average Bonchev–Trinajstić information content (AvgIpc) is 3.90. The molecule has 2 aliphatic rings. The minimum atomic E-state index is -5.16. The van der Waals surface area contributed by atoms with Gasteiger partial charge in [-0.05, 0) is 18.1 Å². The lowest BCUT2D eigenvalue weighted by molar-refractivity contribution is -0.0582. The Hall–Kier alpha value is -4.26. The van der Waals surface area contributed by atoms with Gasteiger partial charge < -0.3 is 50.2 Å². The summed E-state index contributed by atoms with van der Waals surface area (Å²) in [7, 11) is -8.98. The van der Waals surface area contributed by atoms with Gasteiger partial charge in [-0.3, -0.25) is 32.5 Å². The number of hydrogen-bond acceptors (Lipinski definition) is 18. The maximum absolute atomic E-state index is 13.4. The summed E-state index contributed by atoms with van der Waals surface area (Å²) < 4.78 is 60.4. The predicted octanol–water partition coefficient (Wildman–Crippen LogP) is -0.395. The maximum Gasteiger partial charge on any atom is 0.472 e. The van der Waals surface area contributed by atoms with Gasteiger partial charge in [-0.2, -0.15) is 4.98 Å². The van der Waals surface area contributed by atoms with Crippen molar-refractivity contribution in [2.45, 2.75) is 62.5 Å². The first-order chi connectivity index (χ1) is 26.1. The molecule has 24 nitrogen and oxygen atoms in total. The summed E-state index contributed by atoms with van der Waals surface area (Å²) in [5.74, 6) is 0.146. The zero-order valence-corrected chi connectivity index (χ0v) is 30.6. The molecule has 5 unspecified atom stereocenters. The number of nitrogens with one attached hydrogen (secondary N) is 2. The van der Waals surface area contributed by atoms with Crippen LogP contribution in [0.3, 0.4) is 0 Å². The zero-order valence-electron chi connectivity index (χ0n) is 28.8. The van der Waals surface area contributed by atoms with E-state index in [1.54, 1.807) is 0 Å². The lowest BCUT2D eigenvalue weighted by Crippen LogP contribution is -2.38. The number of ether oxygens (including phenoxy) is 3. The summed E-state index contributed by atoms with van der Waals surface area (Å²) in [5.41, 5.74) is 7.47. The molecule has 296 valence electrons. The average molecular weight is 811 g/mol. The molecule has 55 heavy (non-hydrogen) atoms. The number of hydrogen-bond donors (Lipinski definition) is 8. The van der Waals surface area contributed by atoms with E-state index in [9.17, 15) is 38.8 Å². The number of H-pyrrole nitrogens is 1. The lowest BCUT2D eigenvalue weighted by atomic mass is 10.1. The highest BCUT2D eigenvalue weighted by atomic mass is 31.2. The van der Waals surface area contributed by atoms with Crippen LogP contribution in [0.5, 0.6) is 0 Å². The van der Waals surface area contributed by atoms with Gasteiger partial charge >= 0.3 is 15.6 Å². The van der Waals surface area contributed by atoms with Crippen LogP contribution >= 0.6 is 15.6 Å². The number of methoxy groups -OCH3 is 1. The van der Waals surface area contributed by atoms with Crippen LogP contribution in [0.2, 0.25) is 0 Å². The summed E-state index contributed by atoms with van der Waals surface area (Å²) >= 11 is 0. The Balaban J connectivity index is 1.08. The standard InChI is InChI=1S/C29H36N10O14P2/c1-13-5-3-4-6-14(13)7-31-23-17-24(33-10-32-23)38(11-34-17)28-22(48-2)21(16(52-28)9-49-54(43,44)45)53-55(46,47)50-8-15-19(40)20(41)27(51-15)39-12-35-18-25(39)36-29(30)37-26(18)42/h3-6,10-12,15-16,19-22,27-28,40-41H,7-9H2,1-2H3,(H,46,47)(H,31,32,33)(H2,43,44,45)(H3,30,36,37,42)/t15-,16-,19?,20?,21?,22?,27-,28-/m1/s1. The number of benzene rings is 1. The van der Waals surface area contributed by atoms with E-state index in [2.05, 4.69) is 39.7 Å². The molecular weight excluding hydrogens is 774 g/mol. The Morgan fingerprint density at radius 1 is 0.909 bits per heavy atom. The van der Waals surface area contributed by atoms with Crippen molar-refractivity contribution in [1.82, 2.24) is 39.0 Å². The van der Waals surface area contributed by atoms with E-state index >= 15 is 0 Å². The van der Waals surface area contributed by atoms with E-state index in [0.717, 1.165) is 22.0 Å². The third-order valence-electron chi connectivity index (χ3n) is 9.02. The Morgan fingerprint density at radius 3 is 2.33 bits per heavy atom. The first-order valence-electron chi connectivity index (χ1n) is 16.4. The first kappa shape index (κ1) is 39.0. The number of phosphoric acid groups is 2. The van der Waals surface area contributed by atoms with Gasteiger partial charge in [-0.15, -0.1) is 0 Å². The van der Waals surface area contributed by atoms with Crippen LogP contribution in [0.1, 0.15) is 23.6 Å². The molecule has 26 heteroatoms.